The van der Waals surface area contributed by atoms with Crippen LogP contribution in [0.1, 0.15) is 77.5 Å². The van der Waals surface area contributed by atoms with Gasteiger partial charge in [0, 0.05) is 19.6 Å². The monoisotopic (exact) mass is 319 g/mol. The van der Waals surface area contributed by atoms with Crippen LogP contribution in [0, 0.1) is 11.8 Å². The summed E-state index contributed by atoms with van der Waals surface area (Å²) in [6.07, 6.45) is 1.60. The molecule has 2 atom stereocenters. The Labute approximate surface area is 143 Å². The molecule has 0 spiro atoms. The van der Waals surface area contributed by atoms with Crippen LogP contribution >= 0.6 is 0 Å². The van der Waals surface area contributed by atoms with Crippen LogP contribution in [0.5, 0.6) is 0 Å². The summed E-state index contributed by atoms with van der Waals surface area (Å²) in [6.45, 7) is 16.7. The SMILES string of the molecule is CCC(C)c1ccc(C(O)CCN(CC(C)C)CC(C)C)cc1. The molecule has 0 heterocycles. The third-order valence-electron chi connectivity index (χ3n) is 4.47. The van der Waals surface area contributed by atoms with Crippen LogP contribution in [0.25, 0.3) is 0 Å². The van der Waals surface area contributed by atoms with Gasteiger partial charge in [-0.3, -0.25) is 0 Å². The smallest absolute Gasteiger partial charge is 0.0802 e. The Hall–Kier alpha value is -0.860. The van der Waals surface area contributed by atoms with E-state index in [2.05, 4.69) is 70.7 Å². The molecular formula is C21H37NO. The number of benzene rings is 1. The van der Waals surface area contributed by atoms with Gasteiger partial charge in [0.1, 0.15) is 0 Å². The third-order valence-corrected chi connectivity index (χ3v) is 4.47. The van der Waals surface area contributed by atoms with Crippen LogP contribution < -0.4 is 0 Å². The molecule has 0 saturated carbocycles. The van der Waals surface area contributed by atoms with Gasteiger partial charge in [0.2, 0.25) is 0 Å². The highest BCUT2D eigenvalue weighted by atomic mass is 16.3. The van der Waals surface area contributed by atoms with Crippen LogP contribution in [0.4, 0.5) is 0 Å². The van der Waals surface area contributed by atoms with E-state index in [4.69, 9.17) is 0 Å². The highest BCUT2D eigenvalue weighted by molar-refractivity contribution is 5.26. The first-order valence-electron chi connectivity index (χ1n) is 9.33. The molecule has 0 bridgehead atoms. The van der Waals surface area contributed by atoms with E-state index in [9.17, 15) is 5.11 Å². The van der Waals surface area contributed by atoms with Gasteiger partial charge >= 0.3 is 0 Å². The number of rotatable bonds is 10. The summed E-state index contributed by atoms with van der Waals surface area (Å²) in [6, 6.07) is 8.54. The maximum absolute atomic E-state index is 10.5. The molecule has 1 aromatic carbocycles. The van der Waals surface area contributed by atoms with Gasteiger partial charge in [0.05, 0.1) is 6.10 Å². The molecule has 0 amide bonds. The average molecular weight is 320 g/mol. The minimum Gasteiger partial charge on any atom is -0.388 e. The number of hydrogen-bond acceptors (Lipinski definition) is 2. The van der Waals surface area contributed by atoms with Crippen LogP contribution in [0.15, 0.2) is 24.3 Å². The van der Waals surface area contributed by atoms with E-state index in [0.717, 1.165) is 38.0 Å². The van der Waals surface area contributed by atoms with Crippen molar-refractivity contribution in [3.05, 3.63) is 35.4 Å². The molecule has 1 aromatic rings. The fourth-order valence-corrected chi connectivity index (χ4v) is 3.04. The number of hydrogen-bond donors (Lipinski definition) is 1. The van der Waals surface area contributed by atoms with Gasteiger partial charge < -0.3 is 10.0 Å². The maximum atomic E-state index is 10.5. The van der Waals surface area contributed by atoms with E-state index in [-0.39, 0.29) is 6.10 Å². The van der Waals surface area contributed by atoms with Crippen LogP contribution in [0.3, 0.4) is 0 Å². The third kappa shape index (κ3) is 7.50. The zero-order valence-electron chi connectivity index (χ0n) is 16.0. The highest BCUT2D eigenvalue weighted by Crippen LogP contribution is 2.23. The van der Waals surface area contributed by atoms with E-state index in [0.29, 0.717) is 17.8 Å². The second-order valence-electron chi connectivity index (χ2n) is 7.83. The lowest BCUT2D eigenvalue weighted by Gasteiger charge is -2.27. The summed E-state index contributed by atoms with van der Waals surface area (Å²) in [5, 5.41) is 10.5. The van der Waals surface area contributed by atoms with Crippen LogP contribution in [-0.2, 0) is 0 Å². The van der Waals surface area contributed by atoms with E-state index in [1.165, 1.54) is 5.56 Å². The number of aliphatic hydroxyl groups excluding tert-OH is 1. The van der Waals surface area contributed by atoms with Gasteiger partial charge in [0.25, 0.3) is 0 Å². The van der Waals surface area contributed by atoms with Crippen LogP contribution in [-0.4, -0.2) is 29.6 Å². The molecule has 1 rings (SSSR count). The largest absolute Gasteiger partial charge is 0.388 e. The molecule has 0 aliphatic heterocycles. The highest BCUT2D eigenvalue weighted by Gasteiger charge is 2.14. The molecule has 2 nitrogen and oxygen atoms in total. The molecule has 2 unspecified atom stereocenters. The predicted molar refractivity (Wildman–Crippen MR) is 101 cm³/mol. The van der Waals surface area contributed by atoms with Gasteiger partial charge in [0.15, 0.2) is 0 Å². The first-order valence-corrected chi connectivity index (χ1v) is 9.33. The van der Waals surface area contributed by atoms with Crippen molar-refractivity contribution in [2.75, 3.05) is 19.6 Å². The Morgan fingerprint density at radius 3 is 1.78 bits per heavy atom. The molecule has 0 saturated heterocycles. The second kappa shape index (κ2) is 10.1. The standard InChI is InChI=1S/C21H37NO/c1-7-18(6)19-8-10-20(11-9-19)21(23)12-13-22(14-16(2)3)15-17(4)5/h8-11,16-18,21,23H,7,12-15H2,1-6H3. The molecular weight excluding hydrogens is 282 g/mol. The lowest BCUT2D eigenvalue weighted by atomic mass is 9.96. The summed E-state index contributed by atoms with van der Waals surface area (Å²) in [4.78, 5) is 2.49. The van der Waals surface area contributed by atoms with Gasteiger partial charge in [-0.05, 0) is 41.7 Å². The molecule has 0 aromatic heterocycles. The number of nitrogens with zero attached hydrogens (tertiary/aromatic N) is 1. The lowest BCUT2D eigenvalue weighted by Crippen LogP contribution is -2.33. The summed E-state index contributed by atoms with van der Waals surface area (Å²) >= 11 is 0. The Balaban J connectivity index is 2.57. The average Bonchev–Trinajstić information content (AvgIpc) is 2.50. The lowest BCUT2D eigenvalue weighted by molar-refractivity contribution is 0.131. The minimum absolute atomic E-state index is 0.359. The second-order valence-corrected chi connectivity index (χ2v) is 7.83. The van der Waals surface area contributed by atoms with Crippen LogP contribution in [0.2, 0.25) is 0 Å². The Bertz CT molecular complexity index is 414. The quantitative estimate of drug-likeness (QED) is 0.637. The first kappa shape index (κ1) is 20.2. The Morgan fingerprint density at radius 1 is 0.870 bits per heavy atom. The summed E-state index contributed by atoms with van der Waals surface area (Å²) in [7, 11) is 0. The molecule has 0 radical (unpaired) electrons. The van der Waals surface area contributed by atoms with Crippen molar-refractivity contribution in [2.24, 2.45) is 11.8 Å². The molecule has 132 valence electrons. The zero-order chi connectivity index (χ0) is 17.4. The fourth-order valence-electron chi connectivity index (χ4n) is 3.04. The van der Waals surface area contributed by atoms with Crippen molar-refractivity contribution in [3.63, 3.8) is 0 Å². The van der Waals surface area contributed by atoms with E-state index < -0.39 is 0 Å². The van der Waals surface area contributed by atoms with Crippen molar-refractivity contribution in [1.29, 1.82) is 0 Å². The van der Waals surface area contributed by atoms with Crippen molar-refractivity contribution in [2.45, 2.75) is 66.4 Å². The van der Waals surface area contributed by atoms with Gasteiger partial charge in [-0.1, -0.05) is 65.8 Å². The predicted octanol–water partition coefficient (Wildman–Crippen LogP) is 5.24. The molecule has 0 aliphatic rings. The molecule has 0 aliphatic carbocycles. The first-order chi connectivity index (χ1) is 10.8. The van der Waals surface area contributed by atoms with Gasteiger partial charge in [-0.25, -0.2) is 0 Å². The number of aliphatic hydroxyl groups is 1. The molecule has 2 heteroatoms. The zero-order valence-corrected chi connectivity index (χ0v) is 16.0. The van der Waals surface area contributed by atoms with Crippen molar-refractivity contribution < 1.29 is 5.11 Å². The summed E-state index contributed by atoms with van der Waals surface area (Å²) in [5.74, 6) is 1.93. The van der Waals surface area contributed by atoms with E-state index >= 15 is 0 Å². The van der Waals surface area contributed by atoms with Gasteiger partial charge in [-0.15, -0.1) is 0 Å². The van der Waals surface area contributed by atoms with Gasteiger partial charge in [-0.2, -0.15) is 0 Å². The fraction of sp³-hybridized carbons (Fsp3) is 0.714. The molecule has 1 N–H and O–H groups in total. The normalized spacial score (nSPS) is 14.7. The minimum atomic E-state index is -0.359. The topological polar surface area (TPSA) is 23.5 Å². The van der Waals surface area contributed by atoms with E-state index in [1.54, 1.807) is 0 Å². The Kier molecular flexibility index (Phi) is 8.86. The van der Waals surface area contributed by atoms with Crippen molar-refractivity contribution in [1.82, 2.24) is 4.90 Å². The van der Waals surface area contributed by atoms with Crippen molar-refractivity contribution >= 4 is 0 Å². The van der Waals surface area contributed by atoms with Crippen molar-refractivity contribution in [3.8, 4) is 0 Å². The van der Waals surface area contributed by atoms with E-state index in [1.807, 2.05) is 0 Å². The summed E-state index contributed by atoms with van der Waals surface area (Å²) < 4.78 is 0. The summed E-state index contributed by atoms with van der Waals surface area (Å²) in [5.41, 5.74) is 2.41. The molecule has 0 fully saturated rings. The molecule has 23 heavy (non-hydrogen) atoms. The maximum Gasteiger partial charge on any atom is 0.0802 e. The Morgan fingerprint density at radius 2 is 1.35 bits per heavy atom.